The number of methoxy groups -OCH3 is 2. The smallest absolute Gasteiger partial charge is 0.233 e. The summed E-state index contributed by atoms with van der Waals surface area (Å²) in [5, 5.41) is 17.0. The lowest BCUT2D eigenvalue weighted by Crippen LogP contribution is -2.32. The van der Waals surface area contributed by atoms with E-state index >= 15 is 0 Å². The summed E-state index contributed by atoms with van der Waals surface area (Å²) in [5.74, 6) is 1.19. The highest BCUT2D eigenvalue weighted by Gasteiger charge is 2.21. The molecule has 1 unspecified atom stereocenters. The molecule has 1 atom stereocenters. The van der Waals surface area contributed by atoms with E-state index in [1.807, 2.05) is 18.4 Å². The topological polar surface area (TPSA) is 91.2 Å². The van der Waals surface area contributed by atoms with Gasteiger partial charge in [0.05, 0.1) is 19.5 Å². The number of hydrogen-bond acceptors (Lipinski definition) is 8. The van der Waals surface area contributed by atoms with Crippen LogP contribution in [0.5, 0.6) is 11.5 Å². The van der Waals surface area contributed by atoms with Gasteiger partial charge in [-0.1, -0.05) is 17.8 Å². The Balaban J connectivity index is 1.67. The van der Waals surface area contributed by atoms with Crippen LogP contribution in [0.2, 0.25) is 0 Å². The second kappa shape index (κ2) is 9.56. The first-order valence-electron chi connectivity index (χ1n) is 8.60. The first-order valence-corrected chi connectivity index (χ1v) is 10.4. The molecular weight excluding hydrogens is 398 g/mol. The highest BCUT2D eigenvalue weighted by atomic mass is 32.2. The number of carbonyl (C=O) groups is 1. The average Bonchev–Trinajstić information content (AvgIpc) is 3.39. The van der Waals surface area contributed by atoms with Crippen molar-refractivity contribution in [1.82, 2.24) is 25.5 Å². The summed E-state index contributed by atoms with van der Waals surface area (Å²) in [5.41, 5.74) is 0.639. The van der Waals surface area contributed by atoms with Crippen LogP contribution in [0.25, 0.3) is 5.69 Å². The quantitative estimate of drug-likeness (QED) is 0.533. The number of carbonyl (C=O) groups excluding carboxylic acids is 1. The molecule has 1 N–H and O–H groups in total. The standard InChI is InChI=1S/C18H21N5O3S2/c1-12(17(24)19-9-8-14-5-4-10-27-14)28-18-20-21-22-23(18)15-11-13(25-2)6-7-16(15)26-3/h4-7,10-12H,8-9H2,1-3H3,(H,19,24). The molecule has 0 saturated carbocycles. The van der Waals surface area contributed by atoms with Gasteiger partial charge in [-0.3, -0.25) is 4.79 Å². The Morgan fingerprint density at radius 3 is 2.89 bits per heavy atom. The van der Waals surface area contributed by atoms with Crippen LogP contribution in [-0.4, -0.2) is 52.1 Å². The molecule has 1 amide bonds. The first kappa shape index (κ1) is 20.2. The number of rotatable bonds is 9. The molecule has 0 fully saturated rings. The van der Waals surface area contributed by atoms with Crippen molar-refractivity contribution < 1.29 is 14.3 Å². The molecule has 1 aromatic carbocycles. The maximum Gasteiger partial charge on any atom is 0.233 e. The fraction of sp³-hybridized carbons (Fsp3) is 0.333. The van der Waals surface area contributed by atoms with Gasteiger partial charge in [0.1, 0.15) is 17.2 Å². The molecule has 0 bridgehead atoms. The largest absolute Gasteiger partial charge is 0.497 e. The monoisotopic (exact) mass is 419 g/mol. The molecule has 10 heteroatoms. The van der Waals surface area contributed by atoms with Crippen molar-refractivity contribution in [3.8, 4) is 17.2 Å². The Labute approximate surface area is 171 Å². The summed E-state index contributed by atoms with van der Waals surface area (Å²) >= 11 is 2.97. The van der Waals surface area contributed by atoms with E-state index in [1.165, 1.54) is 16.6 Å². The summed E-state index contributed by atoms with van der Waals surface area (Å²) < 4.78 is 12.2. The molecule has 2 heterocycles. The van der Waals surface area contributed by atoms with E-state index < -0.39 is 0 Å². The number of tetrazole rings is 1. The minimum Gasteiger partial charge on any atom is -0.497 e. The minimum absolute atomic E-state index is 0.0614. The van der Waals surface area contributed by atoms with Gasteiger partial charge < -0.3 is 14.8 Å². The molecule has 2 aromatic heterocycles. The zero-order valence-electron chi connectivity index (χ0n) is 15.8. The van der Waals surface area contributed by atoms with Crippen LogP contribution in [0.4, 0.5) is 0 Å². The molecule has 0 radical (unpaired) electrons. The summed E-state index contributed by atoms with van der Waals surface area (Å²) in [4.78, 5) is 13.7. The Bertz CT molecular complexity index is 914. The molecule has 0 saturated heterocycles. The fourth-order valence-electron chi connectivity index (χ4n) is 2.48. The summed E-state index contributed by atoms with van der Waals surface area (Å²) in [6, 6.07) is 9.43. The van der Waals surface area contributed by atoms with Crippen molar-refractivity contribution in [3.05, 3.63) is 40.6 Å². The third-order valence-electron chi connectivity index (χ3n) is 3.96. The molecule has 3 aromatic rings. The van der Waals surface area contributed by atoms with Gasteiger partial charge in [0.2, 0.25) is 11.1 Å². The van der Waals surface area contributed by atoms with Crippen molar-refractivity contribution >= 4 is 29.0 Å². The molecule has 0 aliphatic carbocycles. The second-order valence-corrected chi connectivity index (χ2v) is 8.13. The molecular formula is C18H21N5O3S2. The van der Waals surface area contributed by atoms with Crippen molar-refractivity contribution in [1.29, 1.82) is 0 Å². The normalized spacial score (nSPS) is 11.8. The van der Waals surface area contributed by atoms with Crippen LogP contribution < -0.4 is 14.8 Å². The lowest BCUT2D eigenvalue weighted by molar-refractivity contribution is -0.120. The van der Waals surface area contributed by atoms with E-state index in [-0.39, 0.29) is 11.2 Å². The van der Waals surface area contributed by atoms with Gasteiger partial charge in [-0.2, -0.15) is 4.68 Å². The number of hydrogen-bond donors (Lipinski definition) is 1. The molecule has 8 nitrogen and oxygen atoms in total. The molecule has 148 valence electrons. The molecule has 0 spiro atoms. The number of amides is 1. The SMILES string of the molecule is COc1ccc(OC)c(-n2nnnc2SC(C)C(=O)NCCc2cccs2)c1. The van der Waals surface area contributed by atoms with Crippen LogP contribution in [0.3, 0.4) is 0 Å². The number of ether oxygens (including phenoxy) is 2. The highest BCUT2D eigenvalue weighted by Crippen LogP contribution is 2.30. The van der Waals surface area contributed by atoms with Crippen molar-refractivity contribution in [2.24, 2.45) is 0 Å². The third kappa shape index (κ3) is 4.82. The van der Waals surface area contributed by atoms with Crippen LogP contribution in [0, 0.1) is 0 Å². The molecule has 28 heavy (non-hydrogen) atoms. The van der Waals surface area contributed by atoms with E-state index in [9.17, 15) is 4.79 Å². The Hall–Kier alpha value is -2.59. The van der Waals surface area contributed by atoms with E-state index in [0.717, 1.165) is 6.42 Å². The minimum atomic E-state index is -0.357. The number of thiophene rings is 1. The van der Waals surface area contributed by atoms with E-state index in [1.54, 1.807) is 48.4 Å². The van der Waals surface area contributed by atoms with Crippen molar-refractivity contribution in [2.75, 3.05) is 20.8 Å². The molecule has 0 aliphatic rings. The number of nitrogens with one attached hydrogen (secondary N) is 1. The zero-order chi connectivity index (χ0) is 19.9. The van der Waals surface area contributed by atoms with Gasteiger partial charge in [-0.05, 0) is 47.4 Å². The van der Waals surface area contributed by atoms with Crippen LogP contribution in [-0.2, 0) is 11.2 Å². The Kier molecular flexibility index (Phi) is 6.88. The van der Waals surface area contributed by atoms with E-state index in [0.29, 0.717) is 28.9 Å². The zero-order valence-corrected chi connectivity index (χ0v) is 17.4. The Morgan fingerprint density at radius 2 is 2.18 bits per heavy atom. The molecule has 0 aliphatic heterocycles. The van der Waals surface area contributed by atoms with E-state index in [4.69, 9.17) is 9.47 Å². The average molecular weight is 420 g/mol. The van der Waals surface area contributed by atoms with E-state index in [2.05, 4.69) is 26.9 Å². The van der Waals surface area contributed by atoms with Gasteiger partial charge in [-0.25, -0.2) is 0 Å². The lowest BCUT2D eigenvalue weighted by Gasteiger charge is -2.13. The number of nitrogens with zero attached hydrogens (tertiary/aromatic N) is 4. The fourth-order valence-corrected chi connectivity index (χ4v) is 4.02. The second-order valence-electron chi connectivity index (χ2n) is 5.79. The number of thioether (sulfide) groups is 1. The number of aromatic nitrogens is 4. The van der Waals surface area contributed by atoms with Crippen LogP contribution >= 0.6 is 23.1 Å². The lowest BCUT2D eigenvalue weighted by atomic mass is 10.3. The summed E-state index contributed by atoms with van der Waals surface area (Å²) in [7, 11) is 3.16. The highest BCUT2D eigenvalue weighted by molar-refractivity contribution is 8.00. The number of benzene rings is 1. The van der Waals surface area contributed by atoms with Crippen LogP contribution in [0.15, 0.2) is 40.9 Å². The van der Waals surface area contributed by atoms with Gasteiger partial charge >= 0.3 is 0 Å². The van der Waals surface area contributed by atoms with Gasteiger partial charge in [-0.15, -0.1) is 16.4 Å². The maximum atomic E-state index is 12.4. The predicted octanol–water partition coefficient (Wildman–Crippen LogP) is 2.58. The summed E-state index contributed by atoms with van der Waals surface area (Å²) in [6.07, 6.45) is 0.819. The Morgan fingerprint density at radius 1 is 1.32 bits per heavy atom. The third-order valence-corrected chi connectivity index (χ3v) is 5.93. The van der Waals surface area contributed by atoms with Gasteiger partial charge in [0.15, 0.2) is 0 Å². The first-order chi connectivity index (χ1) is 13.6. The molecule has 3 rings (SSSR count). The van der Waals surface area contributed by atoms with Crippen LogP contribution in [0.1, 0.15) is 11.8 Å². The van der Waals surface area contributed by atoms with Gasteiger partial charge in [0.25, 0.3) is 0 Å². The van der Waals surface area contributed by atoms with Gasteiger partial charge in [0, 0.05) is 17.5 Å². The van der Waals surface area contributed by atoms with Crippen molar-refractivity contribution in [2.45, 2.75) is 23.8 Å². The summed E-state index contributed by atoms with van der Waals surface area (Å²) in [6.45, 7) is 2.42. The van der Waals surface area contributed by atoms with Crippen molar-refractivity contribution in [3.63, 3.8) is 0 Å². The maximum absolute atomic E-state index is 12.4. The predicted molar refractivity (Wildman–Crippen MR) is 109 cm³/mol.